The fourth-order valence-corrected chi connectivity index (χ4v) is 3.19. The number of rotatable bonds is 1. The van der Waals surface area contributed by atoms with E-state index < -0.39 is 0 Å². The molecule has 0 heterocycles. The molecule has 0 aromatic heterocycles. The van der Waals surface area contributed by atoms with Crippen LogP contribution in [0.5, 0.6) is 0 Å². The Morgan fingerprint density at radius 1 is 1.33 bits per heavy atom. The zero-order chi connectivity index (χ0) is 10.5. The van der Waals surface area contributed by atoms with Gasteiger partial charge in [-0.05, 0) is 66.8 Å². The van der Waals surface area contributed by atoms with E-state index in [1.165, 1.54) is 36.8 Å². The molecule has 0 radical (unpaired) electrons. The normalized spacial score (nSPS) is 26.4. The van der Waals surface area contributed by atoms with Crippen molar-refractivity contribution in [3.05, 3.63) is 34.3 Å². The van der Waals surface area contributed by atoms with Gasteiger partial charge in [-0.2, -0.15) is 0 Å². The quantitative estimate of drug-likeness (QED) is 0.775. The molecule has 2 heteroatoms. The van der Waals surface area contributed by atoms with Crippen LogP contribution >= 0.6 is 11.6 Å². The van der Waals surface area contributed by atoms with Crippen LogP contribution in [0.1, 0.15) is 42.7 Å². The first-order valence-electron chi connectivity index (χ1n) is 5.75. The minimum absolute atomic E-state index is 0.519. The fraction of sp³-hybridized carbons (Fsp3) is 0.538. The molecule has 2 aliphatic carbocycles. The summed E-state index contributed by atoms with van der Waals surface area (Å²) < 4.78 is 0. The Hall–Kier alpha value is -0.530. The molecule has 1 aromatic rings. The highest BCUT2D eigenvalue weighted by Gasteiger charge is 2.48. The molecule has 2 aliphatic rings. The van der Waals surface area contributed by atoms with Gasteiger partial charge in [0, 0.05) is 5.02 Å². The zero-order valence-corrected chi connectivity index (χ0v) is 9.56. The Labute approximate surface area is 95.6 Å². The predicted molar refractivity (Wildman–Crippen MR) is 63.4 cm³/mol. The summed E-state index contributed by atoms with van der Waals surface area (Å²) >= 11 is 6.07. The van der Waals surface area contributed by atoms with Gasteiger partial charge in [-0.15, -0.1) is 0 Å². The van der Waals surface area contributed by atoms with Crippen molar-refractivity contribution in [3.63, 3.8) is 0 Å². The molecule has 0 bridgehead atoms. The highest BCUT2D eigenvalue weighted by Crippen LogP contribution is 2.57. The van der Waals surface area contributed by atoms with Crippen molar-refractivity contribution < 1.29 is 0 Å². The number of benzene rings is 1. The number of fused-ring (bicyclic) bond motifs is 2. The average Bonchev–Trinajstić information content (AvgIpc) is 2.99. The number of halogens is 1. The summed E-state index contributed by atoms with van der Waals surface area (Å²) in [5.74, 6) is 0.532. The molecule has 0 aliphatic heterocycles. The lowest BCUT2D eigenvalue weighted by Crippen LogP contribution is -2.24. The van der Waals surface area contributed by atoms with Gasteiger partial charge < -0.3 is 5.73 Å². The summed E-state index contributed by atoms with van der Waals surface area (Å²) in [5.41, 5.74) is 9.31. The van der Waals surface area contributed by atoms with E-state index in [2.05, 4.69) is 12.1 Å². The lowest BCUT2D eigenvalue weighted by atomic mass is 9.74. The van der Waals surface area contributed by atoms with Crippen molar-refractivity contribution in [2.24, 2.45) is 5.73 Å². The molecule has 80 valence electrons. The summed E-state index contributed by atoms with van der Waals surface area (Å²) in [4.78, 5) is 0. The van der Waals surface area contributed by atoms with Gasteiger partial charge >= 0.3 is 0 Å². The van der Waals surface area contributed by atoms with Crippen molar-refractivity contribution in [1.82, 2.24) is 0 Å². The van der Waals surface area contributed by atoms with Crippen LogP contribution in [0.3, 0.4) is 0 Å². The Kier molecular flexibility index (Phi) is 2.08. The molecule has 1 saturated carbocycles. The van der Waals surface area contributed by atoms with Crippen molar-refractivity contribution >= 4 is 11.6 Å². The predicted octanol–water partition coefficient (Wildman–Crippen LogP) is 3.21. The van der Waals surface area contributed by atoms with Gasteiger partial charge in [0.15, 0.2) is 0 Å². The Bertz CT molecular complexity index is 396. The summed E-state index contributed by atoms with van der Waals surface area (Å²) in [7, 11) is 0. The summed E-state index contributed by atoms with van der Waals surface area (Å²) in [6.45, 7) is 0.753. The Balaban J connectivity index is 2.12. The van der Waals surface area contributed by atoms with Crippen LogP contribution in [-0.2, 0) is 5.41 Å². The summed E-state index contributed by atoms with van der Waals surface area (Å²) in [6.07, 6.45) is 5.28. The average molecular weight is 222 g/mol. The molecule has 1 unspecified atom stereocenters. The van der Waals surface area contributed by atoms with E-state index in [1.54, 1.807) is 0 Å². The van der Waals surface area contributed by atoms with E-state index >= 15 is 0 Å². The summed E-state index contributed by atoms with van der Waals surface area (Å²) in [6, 6.07) is 6.39. The van der Waals surface area contributed by atoms with E-state index in [0.29, 0.717) is 11.3 Å². The van der Waals surface area contributed by atoms with Crippen LogP contribution in [0.15, 0.2) is 18.2 Å². The Morgan fingerprint density at radius 3 is 2.80 bits per heavy atom. The maximum atomic E-state index is 6.07. The van der Waals surface area contributed by atoms with Crippen molar-refractivity contribution in [2.45, 2.75) is 37.0 Å². The molecular formula is C13H16ClN. The van der Waals surface area contributed by atoms with Crippen molar-refractivity contribution in [3.8, 4) is 0 Å². The molecule has 1 nitrogen and oxygen atoms in total. The molecule has 1 atom stereocenters. The highest BCUT2D eigenvalue weighted by atomic mass is 35.5. The standard InChI is InChI=1S/C13H16ClN/c14-10-1-2-12-11(7-10)9(8-15)3-4-13(12)5-6-13/h1-2,7,9H,3-6,8,15H2. The minimum atomic E-state index is 0.519. The molecule has 1 fully saturated rings. The van der Waals surface area contributed by atoms with E-state index in [4.69, 9.17) is 17.3 Å². The Morgan fingerprint density at radius 2 is 2.13 bits per heavy atom. The van der Waals surface area contributed by atoms with E-state index in [-0.39, 0.29) is 0 Å². The molecule has 0 saturated heterocycles. The van der Waals surface area contributed by atoms with Gasteiger partial charge in [-0.3, -0.25) is 0 Å². The molecule has 0 amide bonds. The van der Waals surface area contributed by atoms with Crippen molar-refractivity contribution in [2.75, 3.05) is 6.54 Å². The van der Waals surface area contributed by atoms with Gasteiger partial charge in [-0.25, -0.2) is 0 Å². The molecule has 1 aromatic carbocycles. The molecule has 15 heavy (non-hydrogen) atoms. The molecule has 1 spiro atoms. The minimum Gasteiger partial charge on any atom is -0.330 e. The summed E-state index contributed by atoms with van der Waals surface area (Å²) in [5, 5.41) is 0.852. The second kappa shape index (κ2) is 3.23. The number of hydrogen-bond acceptors (Lipinski definition) is 1. The second-order valence-corrected chi connectivity index (χ2v) is 5.42. The van der Waals surface area contributed by atoms with Crippen LogP contribution < -0.4 is 5.73 Å². The van der Waals surface area contributed by atoms with Crippen molar-refractivity contribution in [1.29, 1.82) is 0 Å². The third-order valence-corrected chi connectivity index (χ3v) is 4.37. The first-order chi connectivity index (χ1) is 7.25. The lowest BCUT2D eigenvalue weighted by molar-refractivity contribution is 0.475. The van der Waals surface area contributed by atoms with Crippen LogP contribution in [-0.4, -0.2) is 6.54 Å². The number of hydrogen-bond donors (Lipinski definition) is 1. The lowest BCUT2D eigenvalue weighted by Gasteiger charge is -2.31. The van der Waals surface area contributed by atoms with E-state index in [0.717, 1.165) is 11.6 Å². The fourth-order valence-electron chi connectivity index (χ4n) is 3.01. The first-order valence-corrected chi connectivity index (χ1v) is 6.13. The second-order valence-electron chi connectivity index (χ2n) is 4.98. The van der Waals surface area contributed by atoms with E-state index in [9.17, 15) is 0 Å². The maximum absolute atomic E-state index is 6.07. The van der Waals surface area contributed by atoms with Crippen LogP contribution in [0.4, 0.5) is 0 Å². The monoisotopic (exact) mass is 221 g/mol. The topological polar surface area (TPSA) is 26.0 Å². The van der Waals surface area contributed by atoms with E-state index in [1.807, 2.05) is 6.07 Å². The maximum Gasteiger partial charge on any atom is 0.0409 e. The third kappa shape index (κ3) is 1.41. The van der Waals surface area contributed by atoms with Crippen LogP contribution in [0.2, 0.25) is 5.02 Å². The van der Waals surface area contributed by atoms with Gasteiger partial charge in [-0.1, -0.05) is 17.7 Å². The van der Waals surface area contributed by atoms with Gasteiger partial charge in [0.05, 0.1) is 0 Å². The third-order valence-electron chi connectivity index (χ3n) is 4.13. The van der Waals surface area contributed by atoms with Crippen LogP contribution in [0.25, 0.3) is 0 Å². The highest BCUT2D eigenvalue weighted by molar-refractivity contribution is 6.30. The van der Waals surface area contributed by atoms with Gasteiger partial charge in [0.1, 0.15) is 0 Å². The SMILES string of the molecule is NCC1CCC2(CC2)c2ccc(Cl)cc21. The van der Waals surface area contributed by atoms with Gasteiger partial charge in [0.25, 0.3) is 0 Å². The number of nitrogens with two attached hydrogens (primary N) is 1. The zero-order valence-electron chi connectivity index (χ0n) is 8.80. The molecule has 3 rings (SSSR count). The molecular weight excluding hydrogens is 206 g/mol. The first kappa shape index (κ1) is 9.68. The van der Waals surface area contributed by atoms with Gasteiger partial charge in [0.2, 0.25) is 0 Å². The molecule has 2 N–H and O–H groups in total. The van der Waals surface area contributed by atoms with Crippen LogP contribution in [0, 0.1) is 0 Å². The smallest absolute Gasteiger partial charge is 0.0409 e. The largest absolute Gasteiger partial charge is 0.330 e.